The van der Waals surface area contributed by atoms with E-state index in [1.807, 2.05) is 42.5 Å². The molecule has 0 radical (unpaired) electrons. The molecular weight excluding hydrogens is 663 g/mol. The number of benzene rings is 8. The van der Waals surface area contributed by atoms with Gasteiger partial charge in [0, 0.05) is 44.9 Å². The largest absolute Gasteiger partial charge is 0.456 e. The zero-order valence-electron chi connectivity index (χ0n) is 29.1. The number of rotatable bonds is 6. The quantitative estimate of drug-likeness (QED) is 0.174. The highest BCUT2D eigenvalue weighted by molar-refractivity contribution is 6.18. The minimum absolute atomic E-state index is 0.593. The van der Waals surface area contributed by atoms with Gasteiger partial charge in [-0.15, -0.1) is 0 Å². The summed E-state index contributed by atoms with van der Waals surface area (Å²) in [6.45, 7) is 0. The Kier molecular flexibility index (Phi) is 6.79. The summed E-state index contributed by atoms with van der Waals surface area (Å²) in [5, 5.41) is 4.32. The van der Waals surface area contributed by atoms with E-state index in [0.717, 1.165) is 83.5 Å². The molecule has 0 spiro atoms. The van der Waals surface area contributed by atoms with Gasteiger partial charge in [-0.3, -0.25) is 0 Å². The van der Waals surface area contributed by atoms with Crippen molar-refractivity contribution in [3.05, 3.63) is 188 Å². The first-order chi connectivity index (χ1) is 26.8. The third-order valence-electron chi connectivity index (χ3n) is 10.4. The lowest BCUT2D eigenvalue weighted by Crippen LogP contribution is -2.11. The molecule has 3 heterocycles. The predicted molar refractivity (Wildman–Crippen MR) is 221 cm³/mol. The van der Waals surface area contributed by atoms with Crippen LogP contribution in [0.4, 0.5) is 17.1 Å². The van der Waals surface area contributed by atoms with Crippen LogP contribution < -0.4 is 4.90 Å². The van der Waals surface area contributed by atoms with Crippen LogP contribution in [0.2, 0.25) is 0 Å². The number of hydrogen-bond acceptors (Lipinski definition) is 4. The molecule has 11 rings (SSSR count). The van der Waals surface area contributed by atoms with E-state index < -0.39 is 0 Å². The molecule has 0 saturated heterocycles. The number of furan rings is 1. The molecule has 54 heavy (non-hydrogen) atoms. The summed E-state index contributed by atoms with van der Waals surface area (Å²) in [5.41, 5.74) is 12.8. The summed E-state index contributed by atoms with van der Waals surface area (Å²) < 4.78 is 15.3. The number of anilines is 3. The molecule has 5 heteroatoms. The highest BCUT2D eigenvalue weighted by atomic mass is 16.4. The van der Waals surface area contributed by atoms with Crippen molar-refractivity contribution in [1.82, 2.24) is 9.55 Å². The molecule has 0 fully saturated rings. The number of oxazole rings is 1. The van der Waals surface area contributed by atoms with Crippen molar-refractivity contribution < 1.29 is 8.83 Å². The lowest BCUT2D eigenvalue weighted by molar-refractivity contribution is 0.619. The highest BCUT2D eigenvalue weighted by Gasteiger charge is 2.23. The monoisotopic (exact) mass is 693 g/mol. The van der Waals surface area contributed by atoms with Crippen LogP contribution in [-0.4, -0.2) is 9.55 Å². The minimum atomic E-state index is 0.593. The van der Waals surface area contributed by atoms with Crippen LogP contribution in [0.25, 0.3) is 83.1 Å². The maximum absolute atomic E-state index is 6.65. The Morgan fingerprint density at radius 3 is 1.94 bits per heavy atom. The van der Waals surface area contributed by atoms with E-state index in [1.54, 1.807) is 0 Å². The fourth-order valence-corrected chi connectivity index (χ4v) is 7.99. The molecule has 0 aliphatic carbocycles. The molecule has 0 atom stereocenters. The van der Waals surface area contributed by atoms with E-state index in [0.29, 0.717) is 5.89 Å². The summed E-state index contributed by atoms with van der Waals surface area (Å²) in [6.07, 6.45) is 0. The third-order valence-corrected chi connectivity index (χ3v) is 10.4. The number of aromatic nitrogens is 2. The Morgan fingerprint density at radius 1 is 0.444 bits per heavy atom. The van der Waals surface area contributed by atoms with Crippen molar-refractivity contribution >= 4 is 71.9 Å². The topological polar surface area (TPSA) is 47.3 Å². The molecular formula is C49H31N3O2. The molecule has 0 unspecified atom stereocenters. The fourth-order valence-electron chi connectivity index (χ4n) is 7.99. The number of nitrogens with zero attached hydrogens (tertiary/aromatic N) is 3. The van der Waals surface area contributed by atoms with Gasteiger partial charge in [0.2, 0.25) is 5.89 Å². The summed E-state index contributed by atoms with van der Waals surface area (Å²) >= 11 is 0. The van der Waals surface area contributed by atoms with Gasteiger partial charge in [0.1, 0.15) is 16.7 Å². The first-order valence-corrected chi connectivity index (χ1v) is 18.1. The van der Waals surface area contributed by atoms with Gasteiger partial charge in [-0.25, -0.2) is 4.98 Å². The standard InChI is InChI=1S/C49H31N3O2/c1-4-14-32(15-5-1)34-18-12-21-36(30-34)51(42-25-13-23-39-38-22-10-11-24-41(38)52(48(39)42)35-19-8-3-9-20-35)37-26-27-40-45(31-37)53-43-28-29-44-47(46(40)43)50-49(54-44)33-16-6-2-7-17-33/h1-31H. The molecule has 0 bridgehead atoms. The summed E-state index contributed by atoms with van der Waals surface area (Å²) in [6, 6.07) is 65.7. The first-order valence-electron chi connectivity index (χ1n) is 18.1. The van der Waals surface area contributed by atoms with E-state index in [2.05, 4.69) is 155 Å². The molecule has 0 saturated carbocycles. The normalized spacial score (nSPS) is 11.7. The molecule has 3 aromatic heterocycles. The Balaban J connectivity index is 1.17. The summed E-state index contributed by atoms with van der Waals surface area (Å²) in [5.74, 6) is 0.593. The zero-order valence-corrected chi connectivity index (χ0v) is 29.1. The predicted octanol–water partition coefficient (Wildman–Crippen LogP) is 13.6. The fraction of sp³-hybridized carbons (Fsp3) is 0. The Hall–Kier alpha value is -7.37. The average molecular weight is 694 g/mol. The Morgan fingerprint density at radius 2 is 1.11 bits per heavy atom. The lowest BCUT2D eigenvalue weighted by Gasteiger charge is -2.27. The molecule has 8 aromatic carbocycles. The van der Waals surface area contributed by atoms with Gasteiger partial charge in [-0.2, -0.15) is 0 Å². The molecule has 0 aliphatic heterocycles. The van der Waals surface area contributed by atoms with Gasteiger partial charge in [0.15, 0.2) is 5.58 Å². The van der Waals surface area contributed by atoms with Gasteiger partial charge in [-0.05, 0) is 83.9 Å². The average Bonchev–Trinajstić information content (AvgIpc) is 3.94. The van der Waals surface area contributed by atoms with Crippen LogP contribution in [0.5, 0.6) is 0 Å². The molecule has 0 amide bonds. The van der Waals surface area contributed by atoms with Crippen LogP contribution in [0.3, 0.4) is 0 Å². The van der Waals surface area contributed by atoms with Gasteiger partial charge in [0.05, 0.1) is 22.1 Å². The Labute approximate surface area is 310 Å². The van der Waals surface area contributed by atoms with Crippen molar-refractivity contribution in [2.24, 2.45) is 0 Å². The van der Waals surface area contributed by atoms with E-state index in [4.69, 9.17) is 13.8 Å². The maximum Gasteiger partial charge on any atom is 0.227 e. The van der Waals surface area contributed by atoms with Crippen molar-refractivity contribution in [2.45, 2.75) is 0 Å². The smallest absolute Gasteiger partial charge is 0.227 e. The second-order valence-corrected chi connectivity index (χ2v) is 13.6. The van der Waals surface area contributed by atoms with E-state index in [-0.39, 0.29) is 0 Å². The molecule has 5 nitrogen and oxygen atoms in total. The van der Waals surface area contributed by atoms with Gasteiger partial charge >= 0.3 is 0 Å². The number of fused-ring (bicyclic) bond motifs is 8. The Bertz CT molecular complexity index is 3160. The second kappa shape index (κ2) is 12.1. The van der Waals surface area contributed by atoms with Crippen LogP contribution in [0, 0.1) is 0 Å². The lowest BCUT2D eigenvalue weighted by atomic mass is 10.0. The number of para-hydroxylation sites is 3. The molecule has 254 valence electrons. The molecule has 11 aromatic rings. The highest BCUT2D eigenvalue weighted by Crippen LogP contribution is 2.46. The second-order valence-electron chi connectivity index (χ2n) is 13.6. The third kappa shape index (κ3) is 4.76. The van der Waals surface area contributed by atoms with E-state index >= 15 is 0 Å². The van der Waals surface area contributed by atoms with Crippen molar-refractivity contribution in [1.29, 1.82) is 0 Å². The van der Waals surface area contributed by atoms with Crippen LogP contribution in [0.1, 0.15) is 0 Å². The first kappa shape index (κ1) is 30.3. The van der Waals surface area contributed by atoms with Crippen LogP contribution >= 0.6 is 0 Å². The maximum atomic E-state index is 6.65. The van der Waals surface area contributed by atoms with Crippen molar-refractivity contribution in [3.8, 4) is 28.3 Å². The van der Waals surface area contributed by atoms with Crippen LogP contribution in [0.15, 0.2) is 197 Å². The van der Waals surface area contributed by atoms with Crippen molar-refractivity contribution in [3.63, 3.8) is 0 Å². The van der Waals surface area contributed by atoms with Gasteiger partial charge in [-0.1, -0.05) is 109 Å². The zero-order chi connectivity index (χ0) is 35.6. The molecule has 0 N–H and O–H groups in total. The van der Waals surface area contributed by atoms with Gasteiger partial charge in [0.25, 0.3) is 0 Å². The summed E-state index contributed by atoms with van der Waals surface area (Å²) in [4.78, 5) is 7.34. The minimum Gasteiger partial charge on any atom is -0.456 e. The SMILES string of the molecule is c1ccc(-c2cccc(N(c3ccc4c(c3)oc3ccc5oc(-c6ccccc6)nc5c34)c3cccc4c5ccccc5n(-c5ccccc5)c34)c2)cc1. The van der Waals surface area contributed by atoms with Crippen LogP contribution in [-0.2, 0) is 0 Å². The van der Waals surface area contributed by atoms with E-state index in [9.17, 15) is 0 Å². The van der Waals surface area contributed by atoms with E-state index in [1.165, 1.54) is 10.8 Å². The van der Waals surface area contributed by atoms with Gasteiger partial charge < -0.3 is 18.3 Å². The summed E-state index contributed by atoms with van der Waals surface area (Å²) in [7, 11) is 0. The van der Waals surface area contributed by atoms with Crippen molar-refractivity contribution in [2.75, 3.05) is 4.90 Å². The number of hydrogen-bond donors (Lipinski definition) is 0. The molecule has 0 aliphatic rings.